The number of aryl methyl sites for hydroxylation is 1. The zero-order chi connectivity index (χ0) is 30.4. The van der Waals surface area contributed by atoms with Crippen molar-refractivity contribution in [3.8, 4) is 5.75 Å². The molecule has 0 unspecified atom stereocenters. The first kappa shape index (κ1) is 30.0. The number of anilines is 5. The van der Waals surface area contributed by atoms with Gasteiger partial charge < -0.3 is 35.8 Å². The van der Waals surface area contributed by atoms with Crippen LogP contribution < -0.4 is 30.9 Å². The van der Waals surface area contributed by atoms with Crippen LogP contribution in [0.1, 0.15) is 18.1 Å². The van der Waals surface area contributed by atoms with Crippen LogP contribution in [0, 0.1) is 6.92 Å². The Morgan fingerprint density at radius 3 is 2.07 bits per heavy atom. The van der Waals surface area contributed by atoms with E-state index in [-0.39, 0.29) is 18.8 Å². The highest BCUT2D eigenvalue weighted by atomic mass is 19.4. The molecule has 5 amide bonds. The van der Waals surface area contributed by atoms with Gasteiger partial charge in [-0.1, -0.05) is 6.07 Å². The Balaban J connectivity index is 1.32. The molecule has 0 aliphatic carbocycles. The second kappa shape index (κ2) is 12.7. The predicted molar refractivity (Wildman–Crippen MR) is 155 cm³/mol. The summed E-state index contributed by atoms with van der Waals surface area (Å²) in [5.41, 5.74) is 1.50. The molecule has 42 heavy (non-hydrogen) atoms. The van der Waals surface area contributed by atoms with E-state index in [4.69, 9.17) is 4.74 Å². The van der Waals surface area contributed by atoms with Crippen LogP contribution >= 0.6 is 0 Å². The maximum atomic E-state index is 13.6. The highest BCUT2D eigenvalue weighted by molar-refractivity contribution is 6.00. The molecule has 1 heterocycles. The zero-order valence-electron chi connectivity index (χ0n) is 23.3. The van der Waals surface area contributed by atoms with Crippen molar-refractivity contribution in [3.05, 3.63) is 71.8 Å². The van der Waals surface area contributed by atoms with Crippen LogP contribution in [-0.4, -0.2) is 56.2 Å². The molecular formula is C29H31F3N6O4. The number of carbonyl (C=O) groups is 3. The number of benzene rings is 3. The molecule has 0 radical (unpaired) electrons. The van der Waals surface area contributed by atoms with Gasteiger partial charge in [0.15, 0.2) is 0 Å². The van der Waals surface area contributed by atoms with Crippen molar-refractivity contribution in [3.63, 3.8) is 0 Å². The molecule has 10 nitrogen and oxygen atoms in total. The van der Waals surface area contributed by atoms with Crippen LogP contribution in [0.15, 0.2) is 60.7 Å². The molecule has 4 rings (SSSR count). The number of methoxy groups -OCH3 is 1. The van der Waals surface area contributed by atoms with E-state index in [1.807, 2.05) is 30.0 Å². The van der Waals surface area contributed by atoms with Gasteiger partial charge in [0.2, 0.25) is 5.91 Å². The lowest BCUT2D eigenvalue weighted by atomic mass is 10.1. The average molecular weight is 585 g/mol. The van der Waals surface area contributed by atoms with Crippen molar-refractivity contribution < 1.29 is 32.3 Å². The molecule has 222 valence electrons. The lowest BCUT2D eigenvalue weighted by Crippen LogP contribution is -2.50. The van der Waals surface area contributed by atoms with Gasteiger partial charge >= 0.3 is 18.2 Å². The third-order valence-electron chi connectivity index (χ3n) is 6.55. The summed E-state index contributed by atoms with van der Waals surface area (Å²) in [5, 5.41) is 10.2. The minimum atomic E-state index is -4.73. The smallest absolute Gasteiger partial charge is 0.418 e. The molecule has 3 aromatic rings. The summed E-state index contributed by atoms with van der Waals surface area (Å²) in [6, 6.07) is 14.8. The molecule has 0 spiro atoms. The topological polar surface area (TPSA) is 115 Å². The minimum Gasteiger partial charge on any atom is -0.495 e. The van der Waals surface area contributed by atoms with Gasteiger partial charge in [-0.2, -0.15) is 13.2 Å². The van der Waals surface area contributed by atoms with Crippen molar-refractivity contribution in [2.24, 2.45) is 0 Å². The summed E-state index contributed by atoms with van der Waals surface area (Å²) in [7, 11) is 1.53. The minimum absolute atomic E-state index is 0.0187. The predicted octanol–water partition coefficient (Wildman–Crippen LogP) is 5.98. The molecule has 1 fully saturated rings. The number of nitrogens with zero attached hydrogens (tertiary/aromatic N) is 2. The van der Waals surface area contributed by atoms with E-state index in [0.29, 0.717) is 30.2 Å². The standard InChI is InChI=1S/C29H31F3N6O4/c1-18-4-11-26(42-3)25(16-18)35-27(40)34-20-5-8-22(9-6-20)37-12-14-38(15-13-37)28(41)36-24-10-7-21(33-19(2)39)17-23(24)29(30,31)32/h4-11,16-17H,12-15H2,1-3H3,(H,33,39)(H,36,41)(H2,34,35,40). The van der Waals surface area contributed by atoms with E-state index in [9.17, 15) is 27.6 Å². The number of amides is 5. The maximum Gasteiger partial charge on any atom is 0.418 e. The Hall–Kier alpha value is -4.94. The summed E-state index contributed by atoms with van der Waals surface area (Å²) in [4.78, 5) is 40.0. The van der Waals surface area contributed by atoms with Crippen LogP contribution in [0.4, 0.5) is 51.2 Å². The fraction of sp³-hybridized carbons (Fsp3) is 0.276. The lowest BCUT2D eigenvalue weighted by Gasteiger charge is -2.36. The van der Waals surface area contributed by atoms with Gasteiger partial charge in [-0.25, -0.2) is 9.59 Å². The van der Waals surface area contributed by atoms with Crippen LogP contribution in [-0.2, 0) is 11.0 Å². The molecule has 4 N–H and O–H groups in total. The van der Waals surface area contributed by atoms with Crippen LogP contribution in [0.5, 0.6) is 5.75 Å². The first-order chi connectivity index (χ1) is 19.9. The van der Waals surface area contributed by atoms with E-state index >= 15 is 0 Å². The first-order valence-electron chi connectivity index (χ1n) is 13.1. The van der Waals surface area contributed by atoms with Gasteiger partial charge in [0.25, 0.3) is 0 Å². The molecule has 13 heteroatoms. The van der Waals surface area contributed by atoms with Gasteiger partial charge in [-0.05, 0) is 67.1 Å². The number of alkyl halides is 3. The van der Waals surface area contributed by atoms with E-state index in [1.165, 1.54) is 25.0 Å². The van der Waals surface area contributed by atoms with Gasteiger partial charge in [-0.3, -0.25) is 4.79 Å². The largest absolute Gasteiger partial charge is 0.495 e. The van der Waals surface area contributed by atoms with Gasteiger partial charge in [0.1, 0.15) is 5.75 Å². The number of nitrogens with one attached hydrogen (secondary N) is 4. The third kappa shape index (κ3) is 7.62. The molecule has 3 aromatic carbocycles. The molecule has 0 aromatic heterocycles. The third-order valence-corrected chi connectivity index (χ3v) is 6.55. The molecule has 0 saturated carbocycles. The van der Waals surface area contributed by atoms with Crippen molar-refractivity contribution in [1.82, 2.24) is 4.90 Å². The summed E-state index contributed by atoms with van der Waals surface area (Å²) >= 11 is 0. The average Bonchev–Trinajstić information content (AvgIpc) is 2.93. The fourth-order valence-electron chi connectivity index (χ4n) is 4.49. The zero-order valence-corrected chi connectivity index (χ0v) is 23.3. The highest BCUT2D eigenvalue weighted by Crippen LogP contribution is 2.37. The van der Waals surface area contributed by atoms with Crippen molar-refractivity contribution in [2.75, 3.05) is 59.5 Å². The van der Waals surface area contributed by atoms with E-state index < -0.39 is 35.4 Å². The van der Waals surface area contributed by atoms with Crippen molar-refractivity contribution in [2.45, 2.75) is 20.0 Å². The Morgan fingerprint density at radius 1 is 0.786 bits per heavy atom. The SMILES string of the molecule is COc1ccc(C)cc1NC(=O)Nc1ccc(N2CCN(C(=O)Nc3ccc(NC(C)=O)cc3C(F)(F)F)CC2)cc1. The Labute approximate surface area is 240 Å². The molecule has 1 aliphatic rings. The second-order valence-corrected chi connectivity index (χ2v) is 9.67. The highest BCUT2D eigenvalue weighted by Gasteiger charge is 2.35. The number of hydrogen-bond acceptors (Lipinski definition) is 5. The van der Waals surface area contributed by atoms with Crippen LogP contribution in [0.2, 0.25) is 0 Å². The fourth-order valence-corrected chi connectivity index (χ4v) is 4.49. The quantitative estimate of drug-likeness (QED) is 0.285. The van der Waals surface area contributed by atoms with E-state index in [1.54, 1.807) is 24.3 Å². The van der Waals surface area contributed by atoms with Crippen LogP contribution in [0.25, 0.3) is 0 Å². The molecule has 0 bridgehead atoms. The maximum absolute atomic E-state index is 13.6. The number of hydrogen-bond donors (Lipinski definition) is 4. The Kier molecular flexibility index (Phi) is 9.09. The van der Waals surface area contributed by atoms with E-state index in [2.05, 4.69) is 21.3 Å². The van der Waals surface area contributed by atoms with Crippen LogP contribution in [0.3, 0.4) is 0 Å². The van der Waals surface area contributed by atoms with Gasteiger partial charge in [-0.15, -0.1) is 0 Å². The summed E-state index contributed by atoms with van der Waals surface area (Å²) < 4.78 is 46.2. The molecule has 1 aliphatic heterocycles. The van der Waals surface area contributed by atoms with Gasteiger partial charge in [0.05, 0.1) is 24.0 Å². The lowest BCUT2D eigenvalue weighted by molar-refractivity contribution is -0.137. The second-order valence-electron chi connectivity index (χ2n) is 9.67. The number of piperazine rings is 1. The Morgan fingerprint density at radius 2 is 1.45 bits per heavy atom. The summed E-state index contributed by atoms with van der Waals surface area (Å²) in [6.07, 6.45) is -4.73. The number of carbonyl (C=O) groups excluding carboxylic acids is 3. The summed E-state index contributed by atoms with van der Waals surface area (Å²) in [5.74, 6) is 0.0351. The number of halogens is 3. The summed E-state index contributed by atoms with van der Waals surface area (Å²) in [6.45, 7) is 4.60. The van der Waals surface area contributed by atoms with Crippen molar-refractivity contribution in [1.29, 1.82) is 0 Å². The monoisotopic (exact) mass is 584 g/mol. The molecule has 1 saturated heterocycles. The molecule has 0 atom stereocenters. The van der Waals surface area contributed by atoms with Crippen molar-refractivity contribution >= 4 is 46.4 Å². The first-order valence-corrected chi connectivity index (χ1v) is 13.1. The number of ether oxygens (including phenoxy) is 1. The van der Waals surface area contributed by atoms with E-state index in [0.717, 1.165) is 23.4 Å². The number of rotatable bonds is 6. The Bertz CT molecular complexity index is 1450. The number of urea groups is 2. The van der Waals surface area contributed by atoms with Gasteiger partial charge in [0, 0.05) is 50.2 Å². The molecular weight excluding hydrogens is 553 g/mol. The normalized spacial score (nSPS) is 13.3.